The van der Waals surface area contributed by atoms with E-state index >= 15 is 0 Å². The van der Waals surface area contributed by atoms with Crippen LogP contribution < -0.4 is 0 Å². The first-order valence-electron chi connectivity index (χ1n) is 7.13. The Bertz CT molecular complexity index is 374. The highest BCUT2D eigenvalue weighted by Gasteiger charge is 2.27. The molecule has 0 aliphatic heterocycles. The fraction of sp³-hybridized carbons (Fsp3) is 0.647. The predicted octanol–water partition coefficient (Wildman–Crippen LogP) is 5.70. The van der Waals surface area contributed by atoms with Crippen molar-refractivity contribution in [1.29, 1.82) is 0 Å². The Labute approximate surface area is 118 Å². The van der Waals surface area contributed by atoms with Crippen LogP contribution in [0.15, 0.2) is 12.1 Å². The van der Waals surface area contributed by atoms with E-state index < -0.39 is 0 Å². The van der Waals surface area contributed by atoms with Crippen LogP contribution in [0.2, 0.25) is 0 Å². The van der Waals surface area contributed by atoms with Crippen molar-refractivity contribution in [3.05, 3.63) is 34.4 Å². The summed E-state index contributed by atoms with van der Waals surface area (Å²) in [6.07, 6.45) is 3.23. The standard InChI is InChI=1S/C17H27Cl/c1-7-12-10-13(8-2)15(14(9-3)11-12)16(18)17(4,5)6/h10-11,16H,7-9H2,1-6H3. The number of hydrogen-bond donors (Lipinski definition) is 0. The Balaban J connectivity index is 3.40. The van der Waals surface area contributed by atoms with Gasteiger partial charge in [0.05, 0.1) is 5.38 Å². The predicted molar refractivity (Wildman–Crippen MR) is 82.6 cm³/mol. The minimum atomic E-state index is 0.0910. The zero-order valence-corrected chi connectivity index (χ0v) is 13.5. The van der Waals surface area contributed by atoms with Crippen LogP contribution in [0, 0.1) is 5.41 Å². The van der Waals surface area contributed by atoms with Gasteiger partial charge in [-0.2, -0.15) is 0 Å². The van der Waals surface area contributed by atoms with Crippen molar-refractivity contribution in [2.45, 2.75) is 66.2 Å². The van der Waals surface area contributed by atoms with Crippen LogP contribution in [0.4, 0.5) is 0 Å². The zero-order chi connectivity index (χ0) is 13.9. The summed E-state index contributed by atoms with van der Waals surface area (Å²) in [6.45, 7) is 13.3. The second kappa shape index (κ2) is 6.10. The normalized spacial score (nSPS) is 13.7. The van der Waals surface area contributed by atoms with Crippen LogP contribution in [0.1, 0.15) is 69.2 Å². The Morgan fingerprint density at radius 2 is 1.39 bits per heavy atom. The molecular weight excluding hydrogens is 240 g/mol. The molecule has 1 rings (SSSR count). The summed E-state index contributed by atoms with van der Waals surface area (Å²) >= 11 is 6.75. The molecule has 0 heterocycles. The smallest absolute Gasteiger partial charge is 0.0638 e. The molecular formula is C17H27Cl. The summed E-state index contributed by atoms with van der Waals surface area (Å²) in [5.74, 6) is 0. The molecule has 1 aromatic carbocycles. The van der Waals surface area contributed by atoms with Gasteiger partial charge in [0.25, 0.3) is 0 Å². The van der Waals surface area contributed by atoms with Gasteiger partial charge in [0, 0.05) is 0 Å². The van der Waals surface area contributed by atoms with Gasteiger partial charge in [-0.3, -0.25) is 0 Å². The van der Waals surface area contributed by atoms with Crippen LogP contribution in [0.25, 0.3) is 0 Å². The van der Waals surface area contributed by atoms with Gasteiger partial charge in [-0.15, -0.1) is 11.6 Å². The van der Waals surface area contributed by atoms with Crippen LogP contribution in [-0.4, -0.2) is 0 Å². The molecule has 0 aliphatic rings. The third-order valence-corrected chi connectivity index (χ3v) is 4.47. The first-order chi connectivity index (χ1) is 8.35. The van der Waals surface area contributed by atoms with E-state index in [1.165, 1.54) is 22.3 Å². The van der Waals surface area contributed by atoms with Gasteiger partial charge in [0.1, 0.15) is 0 Å². The maximum Gasteiger partial charge on any atom is 0.0638 e. The van der Waals surface area contributed by atoms with Crippen LogP contribution in [0.3, 0.4) is 0 Å². The topological polar surface area (TPSA) is 0 Å². The van der Waals surface area contributed by atoms with E-state index in [9.17, 15) is 0 Å². The Morgan fingerprint density at radius 3 is 1.67 bits per heavy atom. The lowest BCUT2D eigenvalue weighted by molar-refractivity contribution is 0.393. The molecule has 0 bridgehead atoms. The lowest BCUT2D eigenvalue weighted by Gasteiger charge is -2.29. The second-order valence-electron chi connectivity index (χ2n) is 6.12. The molecule has 0 N–H and O–H groups in total. The van der Waals surface area contributed by atoms with Crippen molar-refractivity contribution in [2.75, 3.05) is 0 Å². The van der Waals surface area contributed by atoms with Crippen molar-refractivity contribution in [1.82, 2.24) is 0 Å². The third-order valence-electron chi connectivity index (χ3n) is 3.59. The van der Waals surface area contributed by atoms with Gasteiger partial charge in [0.2, 0.25) is 0 Å². The SMILES string of the molecule is CCc1cc(CC)c(C(Cl)C(C)(C)C)c(CC)c1. The first-order valence-corrected chi connectivity index (χ1v) is 7.57. The molecule has 102 valence electrons. The zero-order valence-electron chi connectivity index (χ0n) is 12.7. The molecule has 0 fully saturated rings. The lowest BCUT2D eigenvalue weighted by Crippen LogP contribution is -2.17. The number of hydrogen-bond acceptors (Lipinski definition) is 0. The molecule has 0 spiro atoms. The lowest BCUT2D eigenvalue weighted by atomic mass is 9.81. The maximum atomic E-state index is 6.75. The molecule has 0 radical (unpaired) electrons. The summed E-state index contributed by atoms with van der Waals surface area (Å²) in [7, 11) is 0. The molecule has 0 aromatic heterocycles. The molecule has 1 aromatic rings. The largest absolute Gasteiger partial charge is 0.117 e. The number of halogens is 1. The van der Waals surface area contributed by atoms with Gasteiger partial charge < -0.3 is 0 Å². The van der Waals surface area contributed by atoms with E-state index in [0.29, 0.717) is 0 Å². The van der Waals surface area contributed by atoms with Crippen LogP contribution in [0.5, 0.6) is 0 Å². The van der Waals surface area contributed by atoms with Crippen molar-refractivity contribution >= 4 is 11.6 Å². The molecule has 1 atom stereocenters. The Morgan fingerprint density at radius 1 is 0.944 bits per heavy atom. The fourth-order valence-electron chi connectivity index (χ4n) is 2.40. The highest BCUT2D eigenvalue weighted by atomic mass is 35.5. The van der Waals surface area contributed by atoms with Crippen LogP contribution in [-0.2, 0) is 19.3 Å². The van der Waals surface area contributed by atoms with E-state index in [4.69, 9.17) is 11.6 Å². The molecule has 1 unspecified atom stereocenters. The average Bonchev–Trinajstić information content (AvgIpc) is 2.34. The first kappa shape index (κ1) is 15.6. The van der Waals surface area contributed by atoms with E-state index in [-0.39, 0.29) is 10.8 Å². The molecule has 0 aliphatic carbocycles. The summed E-state index contributed by atoms with van der Waals surface area (Å²) in [4.78, 5) is 0. The summed E-state index contributed by atoms with van der Waals surface area (Å²) in [5.41, 5.74) is 5.78. The molecule has 18 heavy (non-hydrogen) atoms. The van der Waals surface area contributed by atoms with E-state index in [1.807, 2.05) is 0 Å². The summed E-state index contributed by atoms with van der Waals surface area (Å²) in [6, 6.07) is 4.69. The van der Waals surface area contributed by atoms with Crippen molar-refractivity contribution in [3.63, 3.8) is 0 Å². The highest BCUT2D eigenvalue weighted by molar-refractivity contribution is 6.21. The van der Waals surface area contributed by atoms with Crippen molar-refractivity contribution in [2.24, 2.45) is 5.41 Å². The van der Waals surface area contributed by atoms with Crippen molar-refractivity contribution < 1.29 is 0 Å². The molecule has 1 heteroatoms. The molecule has 0 saturated carbocycles. The third kappa shape index (κ3) is 3.29. The van der Waals surface area contributed by atoms with Crippen molar-refractivity contribution in [3.8, 4) is 0 Å². The van der Waals surface area contributed by atoms with Gasteiger partial charge in [-0.25, -0.2) is 0 Å². The average molecular weight is 267 g/mol. The minimum Gasteiger partial charge on any atom is -0.117 e. The van der Waals surface area contributed by atoms with E-state index in [2.05, 4.69) is 53.7 Å². The Kier molecular flexibility index (Phi) is 5.28. The fourth-order valence-corrected chi connectivity index (χ4v) is 2.68. The molecule has 0 amide bonds. The maximum absolute atomic E-state index is 6.75. The monoisotopic (exact) mass is 266 g/mol. The number of benzene rings is 1. The summed E-state index contributed by atoms with van der Waals surface area (Å²) in [5, 5.41) is 0.0910. The minimum absolute atomic E-state index is 0.0910. The Hall–Kier alpha value is -0.490. The number of rotatable bonds is 4. The number of aryl methyl sites for hydroxylation is 3. The van der Waals surface area contributed by atoms with Gasteiger partial charge in [-0.1, -0.05) is 53.7 Å². The molecule has 0 nitrogen and oxygen atoms in total. The van der Waals surface area contributed by atoms with Gasteiger partial charge >= 0.3 is 0 Å². The van der Waals surface area contributed by atoms with E-state index in [0.717, 1.165) is 19.3 Å². The summed E-state index contributed by atoms with van der Waals surface area (Å²) < 4.78 is 0. The highest BCUT2D eigenvalue weighted by Crippen LogP contribution is 2.42. The second-order valence-corrected chi connectivity index (χ2v) is 6.55. The number of alkyl halides is 1. The van der Waals surface area contributed by atoms with Crippen LogP contribution >= 0.6 is 11.6 Å². The molecule has 0 saturated heterocycles. The van der Waals surface area contributed by atoms with Gasteiger partial charge in [0.15, 0.2) is 0 Å². The quantitative estimate of drug-likeness (QED) is 0.613. The van der Waals surface area contributed by atoms with Gasteiger partial charge in [-0.05, 0) is 46.9 Å². The van der Waals surface area contributed by atoms with E-state index in [1.54, 1.807) is 0 Å².